The Morgan fingerprint density at radius 1 is 1.56 bits per heavy atom. The van der Waals surface area contributed by atoms with E-state index in [2.05, 4.69) is 9.97 Å². The number of aromatic nitrogens is 2. The van der Waals surface area contributed by atoms with Crippen LogP contribution < -0.4 is 4.90 Å². The van der Waals surface area contributed by atoms with Crippen LogP contribution in [0.3, 0.4) is 0 Å². The van der Waals surface area contributed by atoms with Gasteiger partial charge in [0.25, 0.3) is 0 Å². The fraction of sp³-hybridized carbons (Fsp3) is 0.500. The van der Waals surface area contributed by atoms with E-state index in [1.165, 1.54) is 6.20 Å². The Morgan fingerprint density at radius 2 is 2.25 bits per heavy atom. The molecule has 0 saturated heterocycles. The Kier molecular flexibility index (Phi) is 4.49. The van der Waals surface area contributed by atoms with Crippen LogP contribution in [0, 0.1) is 0 Å². The molecule has 0 amide bonds. The summed E-state index contributed by atoms with van der Waals surface area (Å²) in [6.45, 7) is 2.06. The number of anilines is 1. The normalized spacial score (nSPS) is 10.0. The van der Waals surface area contributed by atoms with Crippen LogP contribution >= 0.6 is 11.6 Å². The first-order valence-corrected chi connectivity index (χ1v) is 5.40. The maximum Gasteiger partial charge on any atom is 0.341 e. The van der Waals surface area contributed by atoms with Crippen LogP contribution in [0.2, 0.25) is 0 Å². The van der Waals surface area contributed by atoms with E-state index in [4.69, 9.17) is 16.3 Å². The van der Waals surface area contributed by atoms with Crippen molar-refractivity contribution in [3.8, 4) is 0 Å². The fourth-order valence-corrected chi connectivity index (χ4v) is 1.31. The summed E-state index contributed by atoms with van der Waals surface area (Å²) < 4.78 is 4.88. The minimum Gasteiger partial charge on any atom is -0.462 e. The molecule has 1 heterocycles. The molecule has 0 aliphatic heterocycles. The monoisotopic (exact) mass is 243 g/mol. The van der Waals surface area contributed by atoms with Gasteiger partial charge in [0.15, 0.2) is 0 Å². The van der Waals surface area contributed by atoms with Crippen molar-refractivity contribution in [2.24, 2.45) is 0 Å². The number of ether oxygens (including phenoxy) is 1. The number of rotatable bonds is 4. The molecule has 0 N–H and O–H groups in total. The zero-order chi connectivity index (χ0) is 12.1. The van der Waals surface area contributed by atoms with E-state index in [0.717, 1.165) is 0 Å². The summed E-state index contributed by atoms with van der Waals surface area (Å²) >= 11 is 5.74. The molecule has 0 aliphatic rings. The van der Waals surface area contributed by atoms with Gasteiger partial charge in [0.1, 0.15) is 5.56 Å². The van der Waals surface area contributed by atoms with Crippen LogP contribution in [0.1, 0.15) is 23.0 Å². The van der Waals surface area contributed by atoms with Gasteiger partial charge in [-0.25, -0.2) is 14.8 Å². The molecule has 88 valence electrons. The molecule has 1 aromatic heterocycles. The molecule has 1 aromatic rings. The summed E-state index contributed by atoms with van der Waals surface area (Å²) in [6, 6.07) is 0. The zero-order valence-corrected chi connectivity index (χ0v) is 10.3. The molecule has 0 fully saturated rings. The van der Waals surface area contributed by atoms with Gasteiger partial charge >= 0.3 is 5.97 Å². The van der Waals surface area contributed by atoms with Gasteiger partial charge in [0.05, 0.1) is 18.2 Å². The first-order valence-electron chi connectivity index (χ1n) is 4.86. The van der Waals surface area contributed by atoms with Crippen LogP contribution in [0.5, 0.6) is 0 Å². The molecule has 0 radical (unpaired) electrons. The average Bonchev–Trinajstić information content (AvgIpc) is 2.28. The number of hydrogen-bond donors (Lipinski definition) is 0. The Morgan fingerprint density at radius 3 is 2.75 bits per heavy atom. The molecule has 6 heteroatoms. The molecule has 16 heavy (non-hydrogen) atoms. The van der Waals surface area contributed by atoms with Crippen molar-refractivity contribution in [2.45, 2.75) is 12.8 Å². The average molecular weight is 244 g/mol. The number of nitrogens with zero attached hydrogens (tertiary/aromatic N) is 3. The van der Waals surface area contributed by atoms with E-state index in [0.29, 0.717) is 23.8 Å². The van der Waals surface area contributed by atoms with Crippen LogP contribution in [0.15, 0.2) is 6.20 Å². The van der Waals surface area contributed by atoms with E-state index in [1.54, 1.807) is 11.8 Å². The minimum atomic E-state index is -0.441. The van der Waals surface area contributed by atoms with Crippen molar-refractivity contribution < 1.29 is 9.53 Å². The maximum atomic E-state index is 11.5. The summed E-state index contributed by atoms with van der Waals surface area (Å²) in [5.74, 6) is 0.226. The Bertz CT molecular complexity index is 382. The third-order valence-corrected chi connectivity index (χ3v) is 2.13. The Balaban J connectivity index is 3.06. The number of carbonyl (C=O) groups excluding carboxylic acids is 1. The first kappa shape index (κ1) is 12.7. The minimum absolute atomic E-state index is 0.150. The molecule has 0 saturated carbocycles. The highest BCUT2D eigenvalue weighted by Gasteiger charge is 2.15. The lowest BCUT2D eigenvalue weighted by molar-refractivity contribution is 0.0524. The topological polar surface area (TPSA) is 55.3 Å². The highest BCUT2D eigenvalue weighted by Crippen LogP contribution is 2.13. The Labute approximate surface area is 99.4 Å². The molecule has 1 rings (SSSR count). The number of esters is 1. The predicted octanol–water partition coefficient (Wildman–Crippen LogP) is 1.46. The summed E-state index contributed by atoms with van der Waals surface area (Å²) in [5, 5.41) is 0. The second-order valence-electron chi connectivity index (χ2n) is 3.28. The fourth-order valence-electron chi connectivity index (χ4n) is 1.10. The van der Waals surface area contributed by atoms with E-state index < -0.39 is 5.97 Å². The second-order valence-corrected chi connectivity index (χ2v) is 3.55. The van der Waals surface area contributed by atoms with E-state index in [9.17, 15) is 4.79 Å². The third-order valence-electron chi connectivity index (χ3n) is 1.88. The lowest BCUT2D eigenvalue weighted by atomic mass is 10.2. The van der Waals surface area contributed by atoms with Gasteiger partial charge in [-0.1, -0.05) is 0 Å². The highest BCUT2D eigenvalue weighted by molar-refractivity contribution is 6.17. The van der Waals surface area contributed by atoms with Crippen LogP contribution in [0.4, 0.5) is 5.95 Å². The predicted molar refractivity (Wildman–Crippen MR) is 61.9 cm³/mol. The van der Waals surface area contributed by atoms with Gasteiger partial charge in [-0.15, -0.1) is 11.6 Å². The van der Waals surface area contributed by atoms with Crippen molar-refractivity contribution in [3.63, 3.8) is 0 Å². The molecule has 5 nitrogen and oxygen atoms in total. The van der Waals surface area contributed by atoms with Gasteiger partial charge < -0.3 is 9.64 Å². The highest BCUT2D eigenvalue weighted by atomic mass is 35.5. The molecule has 0 aliphatic carbocycles. The van der Waals surface area contributed by atoms with Crippen molar-refractivity contribution in [3.05, 3.63) is 17.5 Å². The number of halogens is 1. The summed E-state index contributed by atoms with van der Waals surface area (Å²) in [6.07, 6.45) is 1.44. The van der Waals surface area contributed by atoms with Crippen LogP contribution in [-0.4, -0.2) is 36.6 Å². The number of alkyl halides is 1. The summed E-state index contributed by atoms with van der Waals surface area (Å²) in [5.41, 5.74) is 0.807. The van der Waals surface area contributed by atoms with Gasteiger partial charge in [-0.05, 0) is 6.92 Å². The van der Waals surface area contributed by atoms with E-state index >= 15 is 0 Å². The van der Waals surface area contributed by atoms with Crippen molar-refractivity contribution in [1.29, 1.82) is 0 Å². The second kappa shape index (κ2) is 5.65. The van der Waals surface area contributed by atoms with Gasteiger partial charge in [0.2, 0.25) is 5.95 Å². The maximum absolute atomic E-state index is 11.5. The smallest absolute Gasteiger partial charge is 0.341 e. The lowest BCUT2D eigenvalue weighted by Crippen LogP contribution is -2.16. The standard InChI is InChI=1S/C10H14ClN3O2/c1-4-16-9(15)7-6-12-10(14(2)3)13-8(7)5-11/h6H,4-5H2,1-3H3. The van der Waals surface area contributed by atoms with Gasteiger partial charge in [-0.3, -0.25) is 0 Å². The first-order chi connectivity index (χ1) is 7.60. The van der Waals surface area contributed by atoms with Gasteiger partial charge in [-0.2, -0.15) is 0 Å². The molecular weight excluding hydrogens is 230 g/mol. The summed E-state index contributed by atoms with van der Waals surface area (Å²) in [4.78, 5) is 21.5. The van der Waals surface area contributed by atoms with Gasteiger partial charge in [0, 0.05) is 20.3 Å². The molecule has 0 atom stereocenters. The van der Waals surface area contributed by atoms with Crippen molar-refractivity contribution >= 4 is 23.5 Å². The molecule has 0 spiro atoms. The molecular formula is C10H14ClN3O2. The lowest BCUT2D eigenvalue weighted by Gasteiger charge is -2.12. The quantitative estimate of drug-likeness (QED) is 0.592. The van der Waals surface area contributed by atoms with Crippen LogP contribution in [-0.2, 0) is 10.6 Å². The molecule has 0 bridgehead atoms. The SMILES string of the molecule is CCOC(=O)c1cnc(N(C)C)nc1CCl. The molecule has 0 unspecified atom stereocenters. The van der Waals surface area contributed by atoms with Crippen molar-refractivity contribution in [2.75, 3.05) is 25.6 Å². The van der Waals surface area contributed by atoms with Crippen molar-refractivity contribution in [1.82, 2.24) is 9.97 Å². The molecule has 0 aromatic carbocycles. The van der Waals surface area contributed by atoms with E-state index in [-0.39, 0.29) is 5.88 Å². The summed E-state index contributed by atoms with van der Waals surface area (Å²) in [7, 11) is 3.63. The van der Waals surface area contributed by atoms with Crippen LogP contribution in [0.25, 0.3) is 0 Å². The Hall–Kier alpha value is -1.36. The zero-order valence-electron chi connectivity index (χ0n) is 9.53. The largest absolute Gasteiger partial charge is 0.462 e. The number of carbonyl (C=O) groups is 1. The third kappa shape index (κ3) is 2.82. The van der Waals surface area contributed by atoms with E-state index in [1.807, 2.05) is 14.1 Å². The number of hydrogen-bond acceptors (Lipinski definition) is 5.